The molecule has 0 unspecified atom stereocenters. The zero-order valence-electron chi connectivity index (χ0n) is 7.28. The molecule has 0 amide bonds. The topological polar surface area (TPSA) is 46.5 Å². The van der Waals surface area contributed by atoms with Gasteiger partial charge in [-0.25, -0.2) is 4.79 Å². The van der Waals surface area contributed by atoms with Gasteiger partial charge in [-0.3, -0.25) is 0 Å². The highest BCUT2D eigenvalue weighted by Gasteiger charge is 2.04. The highest BCUT2D eigenvalue weighted by atomic mass is 16.5. The summed E-state index contributed by atoms with van der Waals surface area (Å²) in [5.41, 5.74) is 0.323. The van der Waals surface area contributed by atoms with Crippen LogP contribution in [0, 0.1) is 0 Å². The number of carbonyl (C=O) groups excluding carboxylic acids is 1. The average Bonchev–Trinajstić information content (AvgIpc) is 2.04. The van der Waals surface area contributed by atoms with E-state index in [0.29, 0.717) is 11.3 Å². The summed E-state index contributed by atoms with van der Waals surface area (Å²) in [4.78, 5) is 11.0. The lowest BCUT2D eigenvalue weighted by Gasteiger charge is -2.02. The molecule has 0 saturated heterocycles. The monoisotopic (exact) mass is 178 g/mol. The molecule has 3 nitrogen and oxygen atoms in total. The maximum Gasteiger partial charge on any atom is 0.338 e. The van der Waals surface area contributed by atoms with E-state index >= 15 is 0 Å². The smallest absolute Gasteiger partial charge is 0.338 e. The number of carbonyl (C=O) groups is 1. The van der Waals surface area contributed by atoms with Crippen molar-refractivity contribution in [3.05, 3.63) is 36.4 Å². The Morgan fingerprint density at radius 3 is 2.77 bits per heavy atom. The molecule has 0 aliphatic rings. The van der Waals surface area contributed by atoms with Gasteiger partial charge in [-0.05, 0) is 19.1 Å². The van der Waals surface area contributed by atoms with Crippen molar-refractivity contribution < 1.29 is 14.6 Å². The first-order valence-corrected chi connectivity index (χ1v) is 3.76. The second-order valence-electron chi connectivity index (χ2n) is 2.67. The van der Waals surface area contributed by atoms with Crippen molar-refractivity contribution in [1.29, 1.82) is 0 Å². The number of phenols is 1. The number of hydrogen-bond acceptors (Lipinski definition) is 3. The number of ether oxygens (including phenoxy) is 1. The molecule has 0 radical (unpaired) electrons. The molecule has 13 heavy (non-hydrogen) atoms. The fourth-order valence-electron chi connectivity index (χ4n) is 0.741. The molecule has 0 saturated carbocycles. The van der Waals surface area contributed by atoms with Gasteiger partial charge in [-0.2, -0.15) is 0 Å². The molecular formula is C10H10O3. The van der Waals surface area contributed by atoms with Gasteiger partial charge in [0, 0.05) is 11.6 Å². The number of rotatable bonds is 2. The molecule has 0 aromatic heterocycles. The summed E-state index contributed by atoms with van der Waals surface area (Å²) in [6.07, 6.45) is 0. The van der Waals surface area contributed by atoms with Gasteiger partial charge in [0.25, 0.3) is 0 Å². The van der Waals surface area contributed by atoms with Crippen molar-refractivity contribution in [2.24, 2.45) is 0 Å². The molecule has 1 aromatic rings. The van der Waals surface area contributed by atoms with E-state index in [9.17, 15) is 4.79 Å². The first-order valence-electron chi connectivity index (χ1n) is 3.76. The number of hydrogen-bond donors (Lipinski definition) is 1. The molecule has 3 heteroatoms. The van der Waals surface area contributed by atoms with Crippen LogP contribution in [0.2, 0.25) is 0 Å². The zero-order chi connectivity index (χ0) is 9.84. The van der Waals surface area contributed by atoms with Crippen molar-refractivity contribution in [1.82, 2.24) is 0 Å². The summed E-state index contributed by atoms with van der Waals surface area (Å²) in [5.74, 6) is -0.120. The van der Waals surface area contributed by atoms with E-state index in [4.69, 9.17) is 9.84 Å². The van der Waals surface area contributed by atoms with E-state index < -0.39 is 5.97 Å². The van der Waals surface area contributed by atoms with Crippen LogP contribution < -0.4 is 4.74 Å². The number of aromatic hydroxyl groups is 1. The molecule has 0 bridgehead atoms. The molecular weight excluding hydrogens is 168 g/mol. The molecule has 0 aliphatic heterocycles. The molecule has 68 valence electrons. The van der Waals surface area contributed by atoms with E-state index in [0.717, 1.165) is 0 Å². The van der Waals surface area contributed by atoms with Crippen LogP contribution in [0.15, 0.2) is 36.4 Å². The number of esters is 1. The number of benzene rings is 1. The van der Waals surface area contributed by atoms with Crippen molar-refractivity contribution in [3.63, 3.8) is 0 Å². The first kappa shape index (κ1) is 9.32. The van der Waals surface area contributed by atoms with E-state index in [1.165, 1.54) is 12.1 Å². The Morgan fingerprint density at radius 1 is 1.54 bits per heavy atom. The maximum atomic E-state index is 11.0. The van der Waals surface area contributed by atoms with E-state index in [1.54, 1.807) is 19.1 Å². The predicted octanol–water partition coefficient (Wildman–Crippen LogP) is 1.87. The molecule has 1 N–H and O–H groups in total. The standard InChI is InChI=1S/C10H10O3/c1-7(2)10(12)13-9-5-3-4-8(11)6-9/h3-6,11H,1H2,2H3. The highest BCUT2D eigenvalue weighted by Crippen LogP contribution is 2.18. The Balaban J connectivity index is 2.75. The van der Waals surface area contributed by atoms with Crippen LogP contribution >= 0.6 is 0 Å². The lowest BCUT2D eigenvalue weighted by Crippen LogP contribution is -2.07. The van der Waals surface area contributed by atoms with Crippen molar-refractivity contribution in [3.8, 4) is 11.5 Å². The third kappa shape index (κ3) is 2.63. The Labute approximate surface area is 76.3 Å². The number of phenolic OH excluding ortho intramolecular Hbond substituents is 1. The van der Waals surface area contributed by atoms with Gasteiger partial charge >= 0.3 is 5.97 Å². The molecule has 0 spiro atoms. The summed E-state index contributed by atoms with van der Waals surface area (Å²) in [5, 5.41) is 9.05. The van der Waals surface area contributed by atoms with Crippen molar-refractivity contribution in [2.45, 2.75) is 6.92 Å². The summed E-state index contributed by atoms with van der Waals surface area (Å²) < 4.78 is 4.86. The lowest BCUT2D eigenvalue weighted by atomic mass is 10.3. The molecule has 0 aliphatic carbocycles. The van der Waals surface area contributed by atoms with Crippen LogP contribution in [0.3, 0.4) is 0 Å². The summed E-state index contributed by atoms with van der Waals surface area (Å²) in [6, 6.07) is 6.04. The summed E-state index contributed by atoms with van der Waals surface area (Å²) in [7, 11) is 0. The third-order valence-electron chi connectivity index (χ3n) is 1.38. The van der Waals surface area contributed by atoms with E-state index in [1.807, 2.05) is 0 Å². The predicted molar refractivity (Wildman–Crippen MR) is 48.6 cm³/mol. The zero-order valence-corrected chi connectivity index (χ0v) is 7.28. The van der Waals surface area contributed by atoms with Gasteiger partial charge in [0.05, 0.1) is 0 Å². The van der Waals surface area contributed by atoms with Crippen molar-refractivity contribution >= 4 is 5.97 Å². The van der Waals surface area contributed by atoms with Gasteiger partial charge in [0.1, 0.15) is 11.5 Å². The Kier molecular flexibility index (Phi) is 2.69. The quantitative estimate of drug-likeness (QED) is 0.427. The minimum atomic E-state index is -0.495. The molecule has 1 aromatic carbocycles. The Morgan fingerprint density at radius 2 is 2.23 bits per heavy atom. The van der Waals surface area contributed by atoms with Gasteiger partial charge in [-0.1, -0.05) is 12.6 Å². The second kappa shape index (κ2) is 3.76. The fraction of sp³-hybridized carbons (Fsp3) is 0.100. The van der Waals surface area contributed by atoms with Gasteiger partial charge < -0.3 is 9.84 Å². The normalized spacial score (nSPS) is 9.31. The first-order chi connectivity index (χ1) is 6.09. The lowest BCUT2D eigenvalue weighted by molar-refractivity contribution is -0.130. The van der Waals surface area contributed by atoms with E-state index in [2.05, 4.69) is 6.58 Å². The van der Waals surface area contributed by atoms with Crippen LogP contribution in [-0.2, 0) is 4.79 Å². The third-order valence-corrected chi connectivity index (χ3v) is 1.38. The molecule has 0 atom stereocenters. The molecule has 1 rings (SSSR count). The molecule has 0 fully saturated rings. The summed E-state index contributed by atoms with van der Waals surface area (Å²) >= 11 is 0. The Hall–Kier alpha value is -1.77. The maximum absolute atomic E-state index is 11.0. The largest absolute Gasteiger partial charge is 0.508 e. The average molecular weight is 178 g/mol. The minimum absolute atomic E-state index is 0.0621. The Bertz CT molecular complexity index is 342. The SMILES string of the molecule is C=C(C)C(=O)Oc1cccc(O)c1. The van der Waals surface area contributed by atoms with Crippen LogP contribution in [0.25, 0.3) is 0 Å². The van der Waals surface area contributed by atoms with Crippen LogP contribution in [0.5, 0.6) is 11.5 Å². The van der Waals surface area contributed by atoms with Gasteiger partial charge in [0.15, 0.2) is 0 Å². The van der Waals surface area contributed by atoms with Crippen LogP contribution in [0.4, 0.5) is 0 Å². The highest BCUT2D eigenvalue weighted by molar-refractivity contribution is 5.88. The van der Waals surface area contributed by atoms with Gasteiger partial charge in [0.2, 0.25) is 0 Å². The van der Waals surface area contributed by atoms with Crippen LogP contribution in [-0.4, -0.2) is 11.1 Å². The minimum Gasteiger partial charge on any atom is -0.508 e. The summed E-state index contributed by atoms with van der Waals surface area (Å²) in [6.45, 7) is 5.00. The van der Waals surface area contributed by atoms with Crippen LogP contribution in [0.1, 0.15) is 6.92 Å². The van der Waals surface area contributed by atoms with Gasteiger partial charge in [-0.15, -0.1) is 0 Å². The van der Waals surface area contributed by atoms with Crippen molar-refractivity contribution in [2.75, 3.05) is 0 Å². The van der Waals surface area contributed by atoms with E-state index in [-0.39, 0.29) is 5.75 Å². The fourth-order valence-corrected chi connectivity index (χ4v) is 0.741. The molecule has 0 heterocycles. The second-order valence-corrected chi connectivity index (χ2v) is 2.67.